The SMILES string of the molecule is Cc1cccc(C(CCl)Cc2ncnn2C)c1. The van der Waals surface area contributed by atoms with Crippen molar-refractivity contribution in [1.29, 1.82) is 0 Å². The molecule has 0 fully saturated rings. The number of aromatic nitrogens is 3. The van der Waals surface area contributed by atoms with Gasteiger partial charge in [0.15, 0.2) is 0 Å². The highest BCUT2D eigenvalue weighted by atomic mass is 35.5. The molecule has 0 aliphatic rings. The minimum Gasteiger partial charge on any atom is -0.253 e. The summed E-state index contributed by atoms with van der Waals surface area (Å²) in [5, 5.41) is 4.08. The Balaban J connectivity index is 2.20. The molecule has 2 aromatic rings. The van der Waals surface area contributed by atoms with Gasteiger partial charge in [-0.25, -0.2) is 4.98 Å². The van der Waals surface area contributed by atoms with Crippen LogP contribution >= 0.6 is 11.6 Å². The van der Waals surface area contributed by atoms with Crippen molar-refractivity contribution in [3.63, 3.8) is 0 Å². The largest absolute Gasteiger partial charge is 0.253 e. The molecule has 1 unspecified atom stereocenters. The van der Waals surface area contributed by atoms with Gasteiger partial charge in [-0.2, -0.15) is 5.10 Å². The van der Waals surface area contributed by atoms with Crippen LogP contribution in [-0.2, 0) is 13.5 Å². The van der Waals surface area contributed by atoms with Crippen molar-refractivity contribution >= 4 is 11.6 Å². The Bertz CT molecular complexity index is 493. The van der Waals surface area contributed by atoms with Crippen molar-refractivity contribution in [1.82, 2.24) is 14.8 Å². The average Bonchev–Trinajstić information content (AvgIpc) is 2.71. The van der Waals surface area contributed by atoms with E-state index in [1.165, 1.54) is 11.1 Å². The quantitative estimate of drug-likeness (QED) is 0.780. The van der Waals surface area contributed by atoms with Crippen LogP contribution in [0.4, 0.5) is 0 Å². The summed E-state index contributed by atoms with van der Waals surface area (Å²) in [7, 11) is 1.91. The highest BCUT2D eigenvalue weighted by Gasteiger charge is 2.14. The lowest BCUT2D eigenvalue weighted by molar-refractivity contribution is 0.647. The summed E-state index contributed by atoms with van der Waals surface area (Å²) < 4.78 is 1.80. The van der Waals surface area contributed by atoms with E-state index < -0.39 is 0 Å². The van der Waals surface area contributed by atoms with Crippen LogP contribution in [0.5, 0.6) is 0 Å². The number of benzene rings is 1. The van der Waals surface area contributed by atoms with E-state index >= 15 is 0 Å². The number of alkyl halides is 1. The Morgan fingerprint density at radius 3 is 2.82 bits per heavy atom. The summed E-state index contributed by atoms with van der Waals surface area (Å²) in [6.45, 7) is 2.09. The summed E-state index contributed by atoms with van der Waals surface area (Å²) >= 11 is 6.07. The van der Waals surface area contributed by atoms with Crippen LogP contribution in [0.25, 0.3) is 0 Å². The van der Waals surface area contributed by atoms with Gasteiger partial charge < -0.3 is 0 Å². The van der Waals surface area contributed by atoms with E-state index in [0.29, 0.717) is 11.8 Å². The molecule has 0 N–H and O–H groups in total. The molecule has 0 aliphatic carbocycles. The third kappa shape index (κ3) is 2.86. The zero-order chi connectivity index (χ0) is 12.3. The number of halogens is 1. The number of nitrogens with zero attached hydrogens (tertiary/aromatic N) is 3. The zero-order valence-electron chi connectivity index (χ0n) is 10.1. The number of rotatable bonds is 4. The van der Waals surface area contributed by atoms with E-state index in [2.05, 4.69) is 41.3 Å². The summed E-state index contributed by atoms with van der Waals surface area (Å²) in [5.41, 5.74) is 2.53. The fraction of sp³-hybridized carbons (Fsp3) is 0.385. The summed E-state index contributed by atoms with van der Waals surface area (Å²) in [6.07, 6.45) is 2.40. The van der Waals surface area contributed by atoms with Crippen LogP contribution in [0.1, 0.15) is 22.9 Å². The third-order valence-corrected chi connectivity index (χ3v) is 3.31. The maximum absolute atomic E-state index is 6.07. The molecular weight excluding hydrogens is 234 g/mol. The second-order valence-corrected chi connectivity index (χ2v) is 4.58. The van der Waals surface area contributed by atoms with Crippen molar-refractivity contribution < 1.29 is 0 Å². The molecule has 0 saturated heterocycles. The van der Waals surface area contributed by atoms with Gasteiger partial charge in [0.2, 0.25) is 0 Å². The molecule has 2 rings (SSSR count). The molecule has 0 saturated carbocycles. The normalized spacial score (nSPS) is 12.6. The second-order valence-electron chi connectivity index (χ2n) is 4.27. The first-order valence-electron chi connectivity index (χ1n) is 5.66. The Morgan fingerprint density at radius 2 is 2.24 bits per heavy atom. The molecule has 0 radical (unpaired) electrons. The molecular formula is C13H16ClN3. The first-order chi connectivity index (χ1) is 8.20. The van der Waals surface area contributed by atoms with Crippen LogP contribution in [0.15, 0.2) is 30.6 Å². The van der Waals surface area contributed by atoms with Gasteiger partial charge in [-0.05, 0) is 12.5 Å². The van der Waals surface area contributed by atoms with Gasteiger partial charge in [0.1, 0.15) is 12.2 Å². The van der Waals surface area contributed by atoms with Gasteiger partial charge in [-0.15, -0.1) is 11.6 Å². The Labute approximate surface area is 106 Å². The predicted octanol–water partition coefficient (Wildman–Crippen LogP) is 2.69. The standard InChI is InChI=1S/C13H16ClN3/c1-10-4-3-5-11(6-10)12(8-14)7-13-15-9-16-17(13)2/h3-6,9,12H,7-8H2,1-2H3. The van der Waals surface area contributed by atoms with Crippen molar-refractivity contribution in [2.75, 3.05) is 5.88 Å². The van der Waals surface area contributed by atoms with Crippen LogP contribution < -0.4 is 0 Å². The van der Waals surface area contributed by atoms with E-state index in [1.807, 2.05) is 7.05 Å². The van der Waals surface area contributed by atoms with Crippen LogP contribution in [0.2, 0.25) is 0 Å². The minimum absolute atomic E-state index is 0.291. The highest BCUT2D eigenvalue weighted by molar-refractivity contribution is 6.18. The van der Waals surface area contributed by atoms with E-state index in [0.717, 1.165) is 12.2 Å². The van der Waals surface area contributed by atoms with E-state index in [-0.39, 0.29) is 0 Å². The Morgan fingerprint density at radius 1 is 1.41 bits per heavy atom. The lowest BCUT2D eigenvalue weighted by Gasteiger charge is -2.14. The lowest BCUT2D eigenvalue weighted by Crippen LogP contribution is -2.09. The molecule has 0 bridgehead atoms. The molecule has 90 valence electrons. The second kappa shape index (κ2) is 5.32. The molecule has 1 atom stereocenters. The van der Waals surface area contributed by atoms with Gasteiger partial charge in [-0.3, -0.25) is 4.68 Å². The highest BCUT2D eigenvalue weighted by Crippen LogP contribution is 2.22. The van der Waals surface area contributed by atoms with Gasteiger partial charge in [0.05, 0.1) is 0 Å². The Hall–Kier alpha value is -1.35. The van der Waals surface area contributed by atoms with Crippen molar-refractivity contribution in [3.8, 4) is 0 Å². The lowest BCUT2D eigenvalue weighted by atomic mass is 9.96. The molecule has 4 heteroatoms. The first kappa shape index (κ1) is 12.1. The molecule has 1 heterocycles. The number of aryl methyl sites for hydroxylation is 2. The van der Waals surface area contributed by atoms with E-state index in [9.17, 15) is 0 Å². The van der Waals surface area contributed by atoms with E-state index in [1.54, 1.807) is 11.0 Å². The molecule has 0 aliphatic heterocycles. The maximum Gasteiger partial charge on any atom is 0.138 e. The number of hydrogen-bond donors (Lipinski definition) is 0. The third-order valence-electron chi connectivity index (χ3n) is 2.93. The molecule has 17 heavy (non-hydrogen) atoms. The van der Waals surface area contributed by atoms with Crippen molar-refractivity contribution in [2.45, 2.75) is 19.3 Å². The van der Waals surface area contributed by atoms with Crippen LogP contribution in [0, 0.1) is 6.92 Å². The topological polar surface area (TPSA) is 30.7 Å². The van der Waals surface area contributed by atoms with Crippen LogP contribution in [-0.4, -0.2) is 20.6 Å². The fourth-order valence-electron chi connectivity index (χ4n) is 1.91. The first-order valence-corrected chi connectivity index (χ1v) is 6.19. The minimum atomic E-state index is 0.291. The van der Waals surface area contributed by atoms with E-state index in [4.69, 9.17) is 11.6 Å². The summed E-state index contributed by atoms with van der Waals surface area (Å²) in [6, 6.07) is 8.47. The van der Waals surface area contributed by atoms with Gasteiger partial charge in [-0.1, -0.05) is 29.8 Å². The molecule has 1 aromatic carbocycles. The Kier molecular flexibility index (Phi) is 3.79. The maximum atomic E-state index is 6.07. The van der Waals surface area contributed by atoms with Crippen LogP contribution in [0.3, 0.4) is 0 Å². The monoisotopic (exact) mass is 249 g/mol. The smallest absolute Gasteiger partial charge is 0.138 e. The van der Waals surface area contributed by atoms with Gasteiger partial charge >= 0.3 is 0 Å². The fourth-order valence-corrected chi connectivity index (χ4v) is 2.20. The van der Waals surface area contributed by atoms with Crippen molar-refractivity contribution in [3.05, 3.63) is 47.5 Å². The zero-order valence-corrected chi connectivity index (χ0v) is 10.9. The summed E-state index contributed by atoms with van der Waals surface area (Å²) in [4.78, 5) is 4.24. The number of hydrogen-bond acceptors (Lipinski definition) is 2. The van der Waals surface area contributed by atoms with Gasteiger partial charge in [0, 0.05) is 25.3 Å². The molecule has 0 spiro atoms. The molecule has 3 nitrogen and oxygen atoms in total. The molecule has 1 aromatic heterocycles. The molecule has 0 amide bonds. The predicted molar refractivity (Wildman–Crippen MR) is 69.3 cm³/mol. The summed E-state index contributed by atoms with van der Waals surface area (Å²) in [5.74, 6) is 1.85. The average molecular weight is 250 g/mol. The van der Waals surface area contributed by atoms with Crippen molar-refractivity contribution in [2.24, 2.45) is 7.05 Å². The van der Waals surface area contributed by atoms with Gasteiger partial charge in [0.25, 0.3) is 0 Å².